The van der Waals surface area contributed by atoms with Crippen molar-refractivity contribution in [3.8, 4) is 11.5 Å². The van der Waals surface area contributed by atoms with E-state index in [1.165, 1.54) is 26.2 Å². The van der Waals surface area contributed by atoms with Gasteiger partial charge in [0.25, 0.3) is 5.69 Å². The van der Waals surface area contributed by atoms with Crippen molar-refractivity contribution < 1.29 is 24.3 Å². The molecule has 8 nitrogen and oxygen atoms in total. The first kappa shape index (κ1) is 25.6. The van der Waals surface area contributed by atoms with Crippen LogP contribution in [-0.4, -0.2) is 35.7 Å². The van der Waals surface area contributed by atoms with E-state index in [-0.39, 0.29) is 47.7 Å². The van der Waals surface area contributed by atoms with Crippen LogP contribution < -0.4 is 14.8 Å². The number of aliphatic hydroxyl groups excluding tert-OH is 1. The Labute approximate surface area is 196 Å². The minimum atomic E-state index is -1.02. The molecular formula is C23H29BrN2O6. The highest BCUT2D eigenvalue weighted by Crippen LogP contribution is 2.37. The number of aliphatic hydroxyl groups is 1. The van der Waals surface area contributed by atoms with Crippen LogP contribution in [0.1, 0.15) is 50.3 Å². The van der Waals surface area contributed by atoms with Crippen LogP contribution in [0, 0.1) is 10.1 Å². The number of hydrogen-bond acceptors (Lipinski definition) is 6. The number of benzene rings is 2. The molecule has 1 amide bonds. The maximum absolute atomic E-state index is 12.3. The first-order valence-electron chi connectivity index (χ1n) is 10.5. The molecule has 0 fully saturated rings. The lowest BCUT2D eigenvalue weighted by Crippen LogP contribution is -2.36. The zero-order chi connectivity index (χ0) is 23.7. The summed E-state index contributed by atoms with van der Waals surface area (Å²) in [6.07, 6.45) is 1.26. The molecule has 2 aromatic carbocycles. The SMILES string of the molecule is CCC(Cc1ccc(Br)cc1)NC(=O)CCCOc1cc([N+](=O)[O-])c(C(C)O)cc1OC. The number of methoxy groups -OCH3 is 1. The van der Waals surface area contributed by atoms with Crippen molar-refractivity contribution in [3.05, 3.63) is 62.1 Å². The fourth-order valence-electron chi connectivity index (χ4n) is 3.25. The predicted molar refractivity (Wildman–Crippen MR) is 125 cm³/mol. The molecule has 174 valence electrons. The number of rotatable bonds is 12. The standard InChI is InChI=1S/C23H29BrN2O6/c1-4-18(12-16-7-9-17(24)10-8-16)25-23(28)6-5-11-32-22-14-20(26(29)30)19(15(2)27)13-21(22)31-3/h7-10,13-15,18,27H,4-6,11-12H2,1-3H3,(H,25,28). The zero-order valence-electron chi connectivity index (χ0n) is 18.5. The highest BCUT2D eigenvalue weighted by atomic mass is 79.9. The molecule has 0 aliphatic carbocycles. The summed E-state index contributed by atoms with van der Waals surface area (Å²) in [6, 6.07) is 10.7. The smallest absolute Gasteiger partial charge is 0.279 e. The van der Waals surface area contributed by atoms with Crippen LogP contribution >= 0.6 is 15.9 Å². The molecule has 2 rings (SSSR count). The second-order valence-electron chi connectivity index (χ2n) is 7.45. The molecule has 0 heterocycles. The lowest BCUT2D eigenvalue weighted by Gasteiger charge is -2.17. The number of hydrogen-bond donors (Lipinski definition) is 2. The number of nitrogens with one attached hydrogen (secondary N) is 1. The van der Waals surface area contributed by atoms with Crippen LogP contribution in [0.15, 0.2) is 40.9 Å². The van der Waals surface area contributed by atoms with Gasteiger partial charge in [0.15, 0.2) is 11.5 Å². The van der Waals surface area contributed by atoms with E-state index in [0.29, 0.717) is 6.42 Å². The Kier molecular flexibility index (Phi) is 9.93. The fraction of sp³-hybridized carbons (Fsp3) is 0.435. The third-order valence-electron chi connectivity index (χ3n) is 5.02. The van der Waals surface area contributed by atoms with Crippen molar-refractivity contribution >= 4 is 27.5 Å². The molecule has 0 bridgehead atoms. The Hall–Kier alpha value is -2.65. The van der Waals surface area contributed by atoms with Gasteiger partial charge in [-0.1, -0.05) is 35.0 Å². The van der Waals surface area contributed by atoms with Gasteiger partial charge in [-0.25, -0.2) is 0 Å². The zero-order valence-corrected chi connectivity index (χ0v) is 20.1. The molecule has 9 heteroatoms. The van der Waals surface area contributed by atoms with Gasteiger partial charge in [-0.05, 0) is 49.9 Å². The monoisotopic (exact) mass is 508 g/mol. The molecule has 0 aliphatic heterocycles. The molecule has 32 heavy (non-hydrogen) atoms. The average molecular weight is 509 g/mol. The predicted octanol–water partition coefficient (Wildman–Crippen LogP) is 4.72. The van der Waals surface area contributed by atoms with Gasteiger partial charge in [-0.2, -0.15) is 0 Å². The van der Waals surface area contributed by atoms with Crippen LogP contribution in [0.2, 0.25) is 0 Å². The van der Waals surface area contributed by atoms with Crippen molar-refractivity contribution in [1.29, 1.82) is 0 Å². The van der Waals surface area contributed by atoms with Crippen LogP contribution in [0.3, 0.4) is 0 Å². The van der Waals surface area contributed by atoms with Crippen molar-refractivity contribution in [3.63, 3.8) is 0 Å². The molecule has 0 saturated carbocycles. The van der Waals surface area contributed by atoms with Gasteiger partial charge in [0.1, 0.15) is 0 Å². The summed E-state index contributed by atoms with van der Waals surface area (Å²) in [6.45, 7) is 3.67. The van der Waals surface area contributed by atoms with E-state index >= 15 is 0 Å². The van der Waals surface area contributed by atoms with Crippen molar-refractivity contribution in [2.75, 3.05) is 13.7 Å². The van der Waals surface area contributed by atoms with E-state index in [9.17, 15) is 20.0 Å². The minimum Gasteiger partial charge on any atom is -0.493 e. The first-order valence-corrected chi connectivity index (χ1v) is 11.2. The van der Waals surface area contributed by atoms with Gasteiger partial charge in [-0.15, -0.1) is 0 Å². The third kappa shape index (κ3) is 7.49. The summed E-state index contributed by atoms with van der Waals surface area (Å²) in [4.78, 5) is 23.1. The number of carbonyl (C=O) groups excluding carboxylic acids is 1. The molecule has 2 aromatic rings. The highest BCUT2D eigenvalue weighted by Gasteiger charge is 2.22. The topological polar surface area (TPSA) is 111 Å². The Bertz CT molecular complexity index is 917. The van der Waals surface area contributed by atoms with Gasteiger partial charge >= 0.3 is 0 Å². The van der Waals surface area contributed by atoms with E-state index in [4.69, 9.17) is 9.47 Å². The summed E-state index contributed by atoms with van der Waals surface area (Å²) in [5, 5.41) is 24.2. The Morgan fingerprint density at radius 1 is 1.25 bits per heavy atom. The maximum Gasteiger partial charge on any atom is 0.279 e. The normalized spacial score (nSPS) is 12.7. The Balaban J connectivity index is 1.89. The molecule has 0 saturated heterocycles. The van der Waals surface area contributed by atoms with Crippen molar-refractivity contribution in [2.24, 2.45) is 0 Å². The lowest BCUT2D eigenvalue weighted by atomic mass is 10.0. The minimum absolute atomic E-state index is 0.0420. The first-order chi connectivity index (χ1) is 15.2. The van der Waals surface area contributed by atoms with Gasteiger partial charge < -0.3 is 19.9 Å². The number of nitro benzene ring substituents is 1. The summed E-state index contributed by atoms with van der Waals surface area (Å²) >= 11 is 3.42. The van der Waals surface area contributed by atoms with E-state index in [1.54, 1.807) is 0 Å². The third-order valence-corrected chi connectivity index (χ3v) is 5.55. The maximum atomic E-state index is 12.3. The van der Waals surface area contributed by atoms with E-state index in [2.05, 4.69) is 21.2 Å². The number of ether oxygens (including phenoxy) is 2. The highest BCUT2D eigenvalue weighted by molar-refractivity contribution is 9.10. The van der Waals surface area contributed by atoms with E-state index in [0.717, 1.165) is 22.9 Å². The van der Waals surface area contributed by atoms with Gasteiger partial charge in [-0.3, -0.25) is 14.9 Å². The van der Waals surface area contributed by atoms with Crippen molar-refractivity contribution in [1.82, 2.24) is 5.32 Å². The van der Waals surface area contributed by atoms with Gasteiger partial charge in [0.2, 0.25) is 5.91 Å². The Morgan fingerprint density at radius 2 is 1.94 bits per heavy atom. The molecule has 0 aromatic heterocycles. The van der Waals surface area contributed by atoms with Crippen LogP contribution in [-0.2, 0) is 11.2 Å². The quantitative estimate of drug-likeness (QED) is 0.244. The molecular weight excluding hydrogens is 480 g/mol. The Morgan fingerprint density at radius 3 is 2.50 bits per heavy atom. The second-order valence-corrected chi connectivity index (χ2v) is 8.37. The lowest BCUT2D eigenvalue weighted by molar-refractivity contribution is -0.386. The number of halogens is 1. The average Bonchev–Trinajstić information content (AvgIpc) is 2.76. The number of amides is 1. The van der Waals surface area contributed by atoms with E-state index in [1.807, 2.05) is 31.2 Å². The number of carbonyl (C=O) groups is 1. The van der Waals surface area contributed by atoms with Crippen LogP contribution in [0.25, 0.3) is 0 Å². The molecule has 0 spiro atoms. The van der Waals surface area contributed by atoms with Gasteiger partial charge in [0, 0.05) is 16.9 Å². The molecule has 0 aliphatic rings. The largest absolute Gasteiger partial charge is 0.493 e. The van der Waals surface area contributed by atoms with Crippen molar-refractivity contribution in [2.45, 2.75) is 51.7 Å². The van der Waals surface area contributed by atoms with Crippen LogP contribution in [0.4, 0.5) is 5.69 Å². The van der Waals surface area contributed by atoms with E-state index < -0.39 is 11.0 Å². The summed E-state index contributed by atoms with van der Waals surface area (Å²) < 4.78 is 11.9. The molecule has 2 unspecified atom stereocenters. The summed E-state index contributed by atoms with van der Waals surface area (Å²) in [5.74, 6) is 0.419. The molecule has 2 atom stereocenters. The van der Waals surface area contributed by atoms with Crippen LogP contribution in [0.5, 0.6) is 11.5 Å². The molecule has 2 N–H and O–H groups in total. The van der Waals surface area contributed by atoms with Gasteiger partial charge in [0.05, 0.1) is 36.4 Å². The summed E-state index contributed by atoms with van der Waals surface area (Å²) in [5.41, 5.74) is 1.06. The number of nitrogens with zero attached hydrogens (tertiary/aromatic N) is 1. The molecule has 0 radical (unpaired) electrons. The second kappa shape index (κ2) is 12.4. The fourth-order valence-corrected chi connectivity index (χ4v) is 3.51. The summed E-state index contributed by atoms with van der Waals surface area (Å²) in [7, 11) is 1.42. The number of nitro groups is 1.